The Hall–Kier alpha value is -1.07. The molecule has 4 nitrogen and oxygen atoms in total. The van der Waals surface area contributed by atoms with Crippen molar-refractivity contribution >= 4 is 27.6 Å². The number of rotatable bonds is 5. The van der Waals surface area contributed by atoms with Crippen LogP contribution in [0.1, 0.15) is 17.3 Å². The molecule has 0 heterocycles. The van der Waals surface area contributed by atoms with Gasteiger partial charge in [-0.1, -0.05) is 6.07 Å². The minimum absolute atomic E-state index is 0.0531. The van der Waals surface area contributed by atoms with Gasteiger partial charge < -0.3 is 15.2 Å². The smallest absolute Gasteiger partial charge is 0.338 e. The molecule has 0 aliphatic carbocycles. The first-order valence-corrected chi connectivity index (χ1v) is 5.62. The summed E-state index contributed by atoms with van der Waals surface area (Å²) in [5.74, 6) is -0.959. The number of aromatic carboxylic acids is 1. The Balaban J connectivity index is 2.95. The Morgan fingerprint density at radius 2 is 2.31 bits per heavy atom. The Bertz CT molecular complexity index is 381. The number of benzene rings is 1. The second-order valence-corrected chi connectivity index (χ2v) is 4.32. The molecule has 1 rings (SSSR count). The van der Waals surface area contributed by atoms with Gasteiger partial charge in [0.2, 0.25) is 0 Å². The van der Waals surface area contributed by atoms with Crippen LogP contribution in [0.3, 0.4) is 0 Å². The second kappa shape index (κ2) is 5.86. The number of methoxy groups -OCH3 is 1. The molecule has 0 radical (unpaired) electrons. The molecule has 0 spiro atoms. The van der Waals surface area contributed by atoms with E-state index in [2.05, 4.69) is 21.2 Å². The molecule has 0 bridgehead atoms. The molecule has 0 saturated heterocycles. The number of halogens is 1. The predicted octanol–water partition coefficient (Wildman–Crippen LogP) is 2.59. The maximum atomic E-state index is 11.1. The van der Waals surface area contributed by atoms with Crippen molar-refractivity contribution in [1.82, 2.24) is 0 Å². The lowest BCUT2D eigenvalue weighted by Crippen LogP contribution is -2.22. The molecule has 2 N–H and O–H groups in total. The van der Waals surface area contributed by atoms with Crippen molar-refractivity contribution in [2.24, 2.45) is 0 Å². The average Bonchev–Trinajstić information content (AvgIpc) is 2.17. The van der Waals surface area contributed by atoms with E-state index < -0.39 is 5.97 Å². The van der Waals surface area contributed by atoms with Crippen LogP contribution in [0.4, 0.5) is 5.69 Å². The van der Waals surface area contributed by atoms with Gasteiger partial charge in [0.25, 0.3) is 0 Å². The highest BCUT2D eigenvalue weighted by Gasteiger charge is 2.15. The topological polar surface area (TPSA) is 58.6 Å². The summed E-state index contributed by atoms with van der Waals surface area (Å²) in [6, 6.07) is 5.28. The summed E-state index contributed by atoms with van der Waals surface area (Å²) < 4.78 is 5.55. The van der Waals surface area contributed by atoms with E-state index in [9.17, 15) is 4.79 Å². The molecule has 0 fully saturated rings. The maximum Gasteiger partial charge on any atom is 0.338 e. The van der Waals surface area contributed by atoms with Crippen LogP contribution in [0, 0.1) is 0 Å². The summed E-state index contributed by atoms with van der Waals surface area (Å²) in [6.45, 7) is 2.45. The van der Waals surface area contributed by atoms with Crippen molar-refractivity contribution in [2.45, 2.75) is 13.0 Å². The first kappa shape index (κ1) is 13.0. The van der Waals surface area contributed by atoms with Crippen LogP contribution in [0.5, 0.6) is 0 Å². The van der Waals surface area contributed by atoms with Crippen molar-refractivity contribution in [3.63, 3.8) is 0 Å². The molecular weight excluding hydrogens is 274 g/mol. The first-order valence-electron chi connectivity index (χ1n) is 4.83. The summed E-state index contributed by atoms with van der Waals surface area (Å²) in [6.07, 6.45) is 0. The van der Waals surface area contributed by atoms with Crippen LogP contribution >= 0.6 is 15.9 Å². The Labute approximate surface area is 103 Å². The van der Waals surface area contributed by atoms with E-state index in [4.69, 9.17) is 9.84 Å². The summed E-state index contributed by atoms with van der Waals surface area (Å²) in [5, 5.41) is 12.2. The molecule has 1 unspecified atom stereocenters. The molecule has 0 aromatic heterocycles. The maximum absolute atomic E-state index is 11.1. The van der Waals surface area contributed by atoms with E-state index in [0.717, 1.165) is 0 Å². The van der Waals surface area contributed by atoms with Gasteiger partial charge in [-0.2, -0.15) is 0 Å². The van der Waals surface area contributed by atoms with Gasteiger partial charge in [0, 0.05) is 17.6 Å². The number of carboxylic acid groups (broad SMARTS) is 1. The number of hydrogen-bond acceptors (Lipinski definition) is 3. The van der Waals surface area contributed by atoms with E-state index >= 15 is 0 Å². The van der Waals surface area contributed by atoms with Crippen molar-refractivity contribution < 1.29 is 14.6 Å². The minimum Gasteiger partial charge on any atom is -0.478 e. The summed E-state index contributed by atoms with van der Waals surface area (Å²) in [7, 11) is 1.61. The van der Waals surface area contributed by atoms with Crippen LogP contribution in [0.15, 0.2) is 22.7 Å². The van der Waals surface area contributed by atoms with Crippen LogP contribution in [0.25, 0.3) is 0 Å². The third kappa shape index (κ3) is 3.21. The fourth-order valence-corrected chi connectivity index (χ4v) is 1.95. The van der Waals surface area contributed by atoms with Crippen molar-refractivity contribution in [3.8, 4) is 0 Å². The third-order valence-corrected chi connectivity index (χ3v) is 2.71. The summed E-state index contributed by atoms with van der Waals surface area (Å²) in [4.78, 5) is 11.1. The fraction of sp³-hybridized carbons (Fsp3) is 0.364. The zero-order valence-corrected chi connectivity index (χ0v) is 10.7. The first-order chi connectivity index (χ1) is 7.56. The lowest BCUT2D eigenvalue weighted by Gasteiger charge is -2.16. The number of carbonyl (C=O) groups is 1. The highest BCUT2D eigenvalue weighted by Crippen LogP contribution is 2.25. The van der Waals surface area contributed by atoms with E-state index in [1.165, 1.54) is 0 Å². The standard InChI is InChI=1S/C11H14BrNO3/c1-7(6-16-2)13-9-5-3-4-8(12)10(9)11(14)15/h3-5,7,13H,6H2,1-2H3,(H,14,15). The quantitative estimate of drug-likeness (QED) is 0.874. The number of ether oxygens (including phenoxy) is 1. The SMILES string of the molecule is COCC(C)Nc1cccc(Br)c1C(=O)O. The summed E-state index contributed by atoms with van der Waals surface area (Å²) in [5.41, 5.74) is 0.830. The molecule has 0 aliphatic rings. The van der Waals surface area contributed by atoms with Gasteiger partial charge in [0.05, 0.1) is 17.9 Å². The lowest BCUT2D eigenvalue weighted by molar-refractivity contribution is 0.0697. The van der Waals surface area contributed by atoms with Gasteiger partial charge in [0.15, 0.2) is 0 Å². The van der Waals surface area contributed by atoms with Crippen LogP contribution in [-0.2, 0) is 4.74 Å². The average molecular weight is 288 g/mol. The number of nitrogens with one attached hydrogen (secondary N) is 1. The predicted molar refractivity (Wildman–Crippen MR) is 66.1 cm³/mol. The van der Waals surface area contributed by atoms with Crippen molar-refractivity contribution in [3.05, 3.63) is 28.2 Å². The zero-order chi connectivity index (χ0) is 12.1. The van der Waals surface area contributed by atoms with E-state index in [1.54, 1.807) is 25.3 Å². The van der Waals surface area contributed by atoms with Gasteiger partial charge >= 0.3 is 5.97 Å². The zero-order valence-electron chi connectivity index (χ0n) is 9.16. The van der Waals surface area contributed by atoms with E-state index in [-0.39, 0.29) is 11.6 Å². The molecule has 1 aromatic rings. The third-order valence-electron chi connectivity index (χ3n) is 2.05. The van der Waals surface area contributed by atoms with E-state index in [0.29, 0.717) is 16.8 Å². The summed E-state index contributed by atoms with van der Waals surface area (Å²) >= 11 is 3.22. The van der Waals surface area contributed by atoms with Crippen LogP contribution < -0.4 is 5.32 Å². The molecule has 5 heteroatoms. The molecule has 88 valence electrons. The minimum atomic E-state index is -0.959. The number of anilines is 1. The Kier molecular flexibility index (Phi) is 4.76. The molecule has 1 atom stereocenters. The van der Waals surface area contributed by atoms with Crippen molar-refractivity contribution in [1.29, 1.82) is 0 Å². The highest BCUT2D eigenvalue weighted by molar-refractivity contribution is 9.10. The monoisotopic (exact) mass is 287 g/mol. The molecule has 16 heavy (non-hydrogen) atoms. The van der Waals surface area contributed by atoms with Gasteiger partial charge in [0.1, 0.15) is 0 Å². The molecule has 0 aliphatic heterocycles. The molecular formula is C11H14BrNO3. The van der Waals surface area contributed by atoms with Crippen LogP contribution in [0.2, 0.25) is 0 Å². The second-order valence-electron chi connectivity index (χ2n) is 3.47. The number of carboxylic acids is 1. The van der Waals surface area contributed by atoms with Crippen molar-refractivity contribution in [2.75, 3.05) is 19.0 Å². The fourth-order valence-electron chi connectivity index (χ4n) is 1.42. The normalized spacial score (nSPS) is 12.2. The molecule has 1 aromatic carbocycles. The molecule has 0 amide bonds. The number of hydrogen-bond donors (Lipinski definition) is 2. The largest absolute Gasteiger partial charge is 0.478 e. The molecule has 0 saturated carbocycles. The van der Waals surface area contributed by atoms with Gasteiger partial charge in [-0.25, -0.2) is 4.79 Å². The van der Waals surface area contributed by atoms with Gasteiger partial charge in [-0.05, 0) is 35.0 Å². The Morgan fingerprint density at radius 1 is 1.62 bits per heavy atom. The lowest BCUT2D eigenvalue weighted by atomic mass is 10.1. The van der Waals surface area contributed by atoms with Gasteiger partial charge in [-0.15, -0.1) is 0 Å². The van der Waals surface area contributed by atoms with Crippen LogP contribution in [-0.4, -0.2) is 30.8 Å². The Morgan fingerprint density at radius 3 is 2.88 bits per heavy atom. The van der Waals surface area contributed by atoms with Gasteiger partial charge in [-0.3, -0.25) is 0 Å². The van der Waals surface area contributed by atoms with E-state index in [1.807, 2.05) is 6.92 Å². The highest BCUT2D eigenvalue weighted by atomic mass is 79.9.